The van der Waals surface area contributed by atoms with Gasteiger partial charge in [-0.2, -0.15) is 5.10 Å². The largest absolute Gasteiger partial charge is 0.493 e. The molecule has 1 atom stereocenters. The lowest BCUT2D eigenvalue weighted by atomic mass is 10.1. The zero-order valence-electron chi connectivity index (χ0n) is 11.5. The number of halogens is 1. The van der Waals surface area contributed by atoms with Crippen LogP contribution in [-0.4, -0.2) is 23.9 Å². The summed E-state index contributed by atoms with van der Waals surface area (Å²) in [6.45, 7) is 4.25. The molecule has 2 aromatic rings. The molecule has 104 valence electrons. The number of nitrogens with one attached hydrogen (secondary N) is 1. The van der Waals surface area contributed by atoms with Gasteiger partial charge in [0, 0.05) is 6.04 Å². The van der Waals surface area contributed by atoms with Crippen LogP contribution in [-0.2, 0) is 0 Å². The Morgan fingerprint density at radius 2 is 2.21 bits per heavy atom. The standard InChI is InChI=1S/C13H18IN3OS/c1-8(2)17-13(10(18-4)6-16-17)12(15-3)9-5-11(14)19-7-9/h5-8,12,15H,1-4H3. The number of hydrogen-bond acceptors (Lipinski definition) is 4. The van der Waals surface area contributed by atoms with E-state index >= 15 is 0 Å². The summed E-state index contributed by atoms with van der Waals surface area (Å²) < 4.78 is 8.76. The number of ether oxygens (including phenoxy) is 1. The molecule has 0 aliphatic rings. The lowest BCUT2D eigenvalue weighted by Crippen LogP contribution is -2.22. The summed E-state index contributed by atoms with van der Waals surface area (Å²) in [4.78, 5) is 0. The highest BCUT2D eigenvalue weighted by molar-refractivity contribution is 14.1. The van der Waals surface area contributed by atoms with Gasteiger partial charge in [0.05, 0.1) is 22.2 Å². The number of methoxy groups -OCH3 is 1. The van der Waals surface area contributed by atoms with Crippen LogP contribution in [0, 0.1) is 2.88 Å². The fraction of sp³-hybridized carbons (Fsp3) is 0.462. The third-order valence-electron chi connectivity index (χ3n) is 2.99. The molecule has 0 aromatic carbocycles. The highest BCUT2D eigenvalue weighted by Crippen LogP contribution is 2.33. The van der Waals surface area contributed by atoms with Crippen LogP contribution < -0.4 is 10.1 Å². The van der Waals surface area contributed by atoms with Gasteiger partial charge in [-0.05, 0) is 60.5 Å². The second kappa shape index (κ2) is 6.23. The first-order chi connectivity index (χ1) is 9.08. The lowest BCUT2D eigenvalue weighted by Gasteiger charge is -2.20. The van der Waals surface area contributed by atoms with Gasteiger partial charge in [0.15, 0.2) is 5.75 Å². The van der Waals surface area contributed by atoms with Crippen molar-refractivity contribution >= 4 is 33.9 Å². The van der Waals surface area contributed by atoms with Gasteiger partial charge < -0.3 is 10.1 Å². The molecule has 0 saturated carbocycles. The smallest absolute Gasteiger partial charge is 0.161 e. The molecule has 19 heavy (non-hydrogen) atoms. The van der Waals surface area contributed by atoms with Crippen molar-refractivity contribution in [3.05, 3.63) is 31.8 Å². The van der Waals surface area contributed by atoms with Crippen LogP contribution in [0.3, 0.4) is 0 Å². The Morgan fingerprint density at radius 3 is 2.68 bits per heavy atom. The molecule has 0 aliphatic carbocycles. The molecule has 0 amide bonds. The Labute approximate surface area is 131 Å². The number of thiophene rings is 1. The maximum absolute atomic E-state index is 5.47. The van der Waals surface area contributed by atoms with Crippen LogP contribution in [0.4, 0.5) is 0 Å². The average molecular weight is 391 g/mol. The van der Waals surface area contributed by atoms with E-state index in [0.29, 0.717) is 6.04 Å². The zero-order chi connectivity index (χ0) is 14.0. The van der Waals surface area contributed by atoms with E-state index in [1.807, 2.05) is 11.7 Å². The van der Waals surface area contributed by atoms with Crippen LogP contribution >= 0.6 is 33.9 Å². The van der Waals surface area contributed by atoms with E-state index in [9.17, 15) is 0 Å². The van der Waals surface area contributed by atoms with E-state index in [4.69, 9.17) is 4.74 Å². The molecule has 1 N–H and O–H groups in total. The minimum absolute atomic E-state index is 0.0969. The summed E-state index contributed by atoms with van der Waals surface area (Å²) in [6, 6.07) is 2.59. The highest BCUT2D eigenvalue weighted by atomic mass is 127. The maximum Gasteiger partial charge on any atom is 0.161 e. The van der Waals surface area contributed by atoms with E-state index in [1.54, 1.807) is 24.6 Å². The first-order valence-corrected chi connectivity index (χ1v) is 8.07. The molecule has 2 rings (SSSR count). The maximum atomic E-state index is 5.47. The monoisotopic (exact) mass is 391 g/mol. The van der Waals surface area contributed by atoms with E-state index < -0.39 is 0 Å². The van der Waals surface area contributed by atoms with Crippen molar-refractivity contribution in [2.75, 3.05) is 14.2 Å². The average Bonchev–Trinajstić information content (AvgIpc) is 2.97. The topological polar surface area (TPSA) is 39.1 Å². The number of aromatic nitrogens is 2. The highest BCUT2D eigenvalue weighted by Gasteiger charge is 2.24. The van der Waals surface area contributed by atoms with Crippen molar-refractivity contribution in [3.63, 3.8) is 0 Å². The van der Waals surface area contributed by atoms with Crippen molar-refractivity contribution in [3.8, 4) is 5.75 Å². The summed E-state index contributed by atoms with van der Waals surface area (Å²) in [5, 5.41) is 9.99. The van der Waals surface area contributed by atoms with E-state index in [1.165, 1.54) is 8.45 Å². The Bertz CT molecular complexity index is 550. The van der Waals surface area contributed by atoms with Gasteiger partial charge in [-0.15, -0.1) is 11.3 Å². The van der Waals surface area contributed by atoms with Gasteiger partial charge in [0.1, 0.15) is 5.69 Å². The van der Waals surface area contributed by atoms with Crippen molar-refractivity contribution in [2.45, 2.75) is 25.9 Å². The van der Waals surface area contributed by atoms with Gasteiger partial charge in [0.25, 0.3) is 0 Å². The fourth-order valence-corrected chi connectivity index (χ4v) is 3.53. The van der Waals surface area contributed by atoms with Crippen LogP contribution in [0.5, 0.6) is 5.75 Å². The van der Waals surface area contributed by atoms with E-state index in [2.05, 4.69) is 58.3 Å². The molecular weight excluding hydrogens is 373 g/mol. The first kappa shape index (κ1) is 14.8. The fourth-order valence-electron chi connectivity index (χ4n) is 2.14. The molecule has 0 radical (unpaired) electrons. The minimum Gasteiger partial charge on any atom is -0.493 e. The van der Waals surface area contributed by atoms with Crippen LogP contribution in [0.15, 0.2) is 17.6 Å². The molecule has 0 bridgehead atoms. The van der Waals surface area contributed by atoms with Gasteiger partial charge in [-0.25, -0.2) is 0 Å². The number of nitrogens with zero attached hydrogens (tertiary/aromatic N) is 2. The van der Waals surface area contributed by atoms with Crippen LogP contribution in [0.25, 0.3) is 0 Å². The van der Waals surface area contributed by atoms with E-state index in [-0.39, 0.29) is 6.04 Å². The second-order valence-corrected chi connectivity index (χ2v) is 7.35. The third-order valence-corrected chi connectivity index (χ3v) is 4.80. The lowest BCUT2D eigenvalue weighted by molar-refractivity contribution is 0.396. The minimum atomic E-state index is 0.0969. The second-order valence-electron chi connectivity index (χ2n) is 4.54. The molecule has 2 heterocycles. The predicted octanol–water partition coefficient (Wildman–Crippen LogP) is 3.45. The van der Waals surface area contributed by atoms with Crippen molar-refractivity contribution in [2.24, 2.45) is 0 Å². The van der Waals surface area contributed by atoms with Crippen molar-refractivity contribution in [1.29, 1.82) is 0 Å². The summed E-state index contributed by atoms with van der Waals surface area (Å²) in [5.41, 5.74) is 2.33. The first-order valence-electron chi connectivity index (χ1n) is 6.11. The van der Waals surface area contributed by atoms with Crippen LogP contribution in [0.2, 0.25) is 0 Å². The molecule has 4 nitrogen and oxygen atoms in total. The Morgan fingerprint density at radius 1 is 1.47 bits per heavy atom. The van der Waals surface area contributed by atoms with Gasteiger partial charge in [0.2, 0.25) is 0 Å². The molecule has 0 fully saturated rings. The number of hydrogen-bond donors (Lipinski definition) is 1. The molecule has 0 spiro atoms. The molecule has 2 aromatic heterocycles. The zero-order valence-corrected chi connectivity index (χ0v) is 14.4. The van der Waals surface area contributed by atoms with Crippen molar-refractivity contribution < 1.29 is 4.74 Å². The molecule has 0 aliphatic heterocycles. The Balaban J connectivity index is 2.50. The molecule has 0 saturated heterocycles. The van der Waals surface area contributed by atoms with Crippen molar-refractivity contribution in [1.82, 2.24) is 15.1 Å². The Hall–Kier alpha value is -0.600. The van der Waals surface area contributed by atoms with E-state index in [0.717, 1.165) is 11.4 Å². The predicted molar refractivity (Wildman–Crippen MR) is 87.1 cm³/mol. The summed E-state index contributed by atoms with van der Waals surface area (Å²) in [7, 11) is 3.65. The van der Waals surface area contributed by atoms with Gasteiger partial charge in [-0.1, -0.05) is 0 Å². The summed E-state index contributed by atoms with van der Waals surface area (Å²) in [6.07, 6.45) is 1.79. The SMILES string of the molecule is CNC(c1csc(I)c1)c1c(OC)cnn1C(C)C. The third kappa shape index (κ3) is 2.95. The molecule has 1 unspecified atom stereocenters. The number of rotatable bonds is 5. The Kier molecular flexibility index (Phi) is 4.86. The van der Waals surface area contributed by atoms with Crippen LogP contribution in [0.1, 0.15) is 37.2 Å². The summed E-state index contributed by atoms with van der Waals surface area (Å²) >= 11 is 4.09. The molecular formula is C13H18IN3OS. The normalized spacial score (nSPS) is 12.9. The van der Waals surface area contributed by atoms with Gasteiger partial charge in [-0.3, -0.25) is 4.68 Å². The van der Waals surface area contributed by atoms with Gasteiger partial charge >= 0.3 is 0 Å². The quantitative estimate of drug-likeness (QED) is 0.794. The summed E-state index contributed by atoms with van der Waals surface area (Å²) in [5.74, 6) is 0.828. The molecule has 6 heteroatoms.